The molecule has 0 aliphatic heterocycles. The lowest BCUT2D eigenvalue weighted by atomic mass is 9.95. The summed E-state index contributed by atoms with van der Waals surface area (Å²) in [5.41, 5.74) is 14.2. The van der Waals surface area contributed by atoms with E-state index >= 15 is 0 Å². The van der Waals surface area contributed by atoms with Crippen LogP contribution in [0.25, 0.3) is 0 Å². The predicted molar refractivity (Wildman–Crippen MR) is 75.9 cm³/mol. The third-order valence-corrected chi connectivity index (χ3v) is 3.05. The lowest BCUT2D eigenvalue weighted by molar-refractivity contribution is 0.637. The van der Waals surface area contributed by atoms with Crippen molar-refractivity contribution in [2.45, 2.75) is 19.9 Å². The van der Waals surface area contributed by atoms with Gasteiger partial charge in [-0.1, -0.05) is 47.5 Å². The molecule has 0 aliphatic rings. The third kappa shape index (κ3) is 2.53. The van der Waals surface area contributed by atoms with Gasteiger partial charge in [-0.2, -0.15) is 0 Å². The van der Waals surface area contributed by atoms with Crippen LogP contribution in [0.1, 0.15) is 28.3 Å². The van der Waals surface area contributed by atoms with Crippen LogP contribution in [0, 0.1) is 13.8 Å². The monoisotopic (exact) mass is 241 g/mol. The number of aryl methyl sites for hydroxylation is 2. The molecule has 1 atom stereocenters. The Labute approximate surface area is 108 Å². The van der Waals surface area contributed by atoms with Gasteiger partial charge in [0, 0.05) is 5.69 Å². The molecule has 3 heteroatoms. The van der Waals surface area contributed by atoms with Crippen molar-refractivity contribution >= 4 is 5.69 Å². The van der Waals surface area contributed by atoms with E-state index in [9.17, 15) is 0 Å². The minimum absolute atomic E-state index is 0.0789. The van der Waals surface area contributed by atoms with E-state index in [0.29, 0.717) is 0 Å². The summed E-state index contributed by atoms with van der Waals surface area (Å²) in [6.45, 7) is 4.16. The molecule has 0 bridgehead atoms. The van der Waals surface area contributed by atoms with E-state index in [-0.39, 0.29) is 6.04 Å². The maximum absolute atomic E-state index is 6.01. The second kappa shape index (κ2) is 5.21. The molecule has 0 spiro atoms. The Bertz CT molecular complexity index is 529. The van der Waals surface area contributed by atoms with Crippen LogP contribution in [-0.2, 0) is 0 Å². The molecule has 0 aliphatic carbocycles. The molecule has 0 heterocycles. The number of nitrogens with two attached hydrogens (primary N) is 2. The highest BCUT2D eigenvalue weighted by atomic mass is 15.2. The Balaban J connectivity index is 2.48. The number of nitrogens with one attached hydrogen (secondary N) is 1. The van der Waals surface area contributed by atoms with Crippen LogP contribution in [-0.4, -0.2) is 0 Å². The van der Waals surface area contributed by atoms with Crippen molar-refractivity contribution in [1.82, 2.24) is 5.43 Å². The van der Waals surface area contributed by atoms with Gasteiger partial charge in [0.15, 0.2) is 0 Å². The SMILES string of the molecule is Cc1cc(C)cc(C(NN)c2ccccc2N)c1. The van der Waals surface area contributed by atoms with Gasteiger partial charge in [0.25, 0.3) is 0 Å². The number of hydrogen-bond donors (Lipinski definition) is 3. The third-order valence-electron chi connectivity index (χ3n) is 3.05. The van der Waals surface area contributed by atoms with E-state index < -0.39 is 0 Å². The largest absolute Gasteiger partial charge is 0.398 e. The zero-order valence-electron chi connectivity index (χ0n) is 10.8. The molecule has 0 amide bonds. The fraction of sp³-hybridized carbons (Fsp3) is 0.200. The highest BCUT2D eigenvalue weighted by Crippen LogP contribution is 2.27. The fourth-order valence-corrected chi connectivity index (χ4v) is 2.32. The lowest BCUT2D eigenvalue weighted by Gasteiger charge is -2.19. The summed E-state index contributed by atoms with van der Waals surface area (Å²) in [6.07, 6.45) is 0. The summed E-state index contributed by atoms with van der Waals surface area (Å²) in [5.74, 6) is 5.70. The summed E-state index contributed by atoms with van der Waals surface area (Å²) >= 11 is 0. The first kappa shape index (κ1) is 12.6. The van der Waals surface area contributed by atoms with Crippen molar-refractivity contribution in [3.63, 3.8) is 0 Å². The molecule has 18 heavy (non-hydrogen) atoms. The van der Waals surface area contributed by atoms with Crippen molar-refractivity contribution in [2.75, 3.05) is 5.73 Å². The van der Waals surface area contributed by atoms with Gasteiger partial charge in [-0.25, -0.2) is 5.43 Å². The second-order valence-electron chi connectivity index (χ2n) is 4.65. The molecular formula is C15H19N3. The van der Waals surface area contributed by atoms with E-state index in [4.69, 9.17) is 11.6 Å². The Morgan fingerprint density at radius 2 is 1.61 bits per heavy atom. The normalized spacial score (nSPS) is 12.4. The molecule has 0 saturated heterocycles. The number of hydrazine groups is 1. The summed E-state index contributed by atoms with van der Waals surface area (Å²) in [5, 5.41) is 0. The van der Waals surface area contributed by atoms with Crippen LogP contribution in [0.5, 0.6) is 0 Å². The molecule has 0 aromatic heterocycles. The summed E-state index contributed by atoms with van der Waals surface area (Å²) in [4.78, 5) is 0. The molecule has 2 aromatic rings. The minimum atomic E-state index is -0.0789. The second-order valence-corrected chi connectivity index (χ2v) is 4.65. The van der Waals surface area contributed by atoms with Crippen molar-refractivity contribution in [3.05, 3.63) is 64.7 Å². The zero-order chi connectivity index (χ0) is 13.1. The standard InChI is InChI=1S/C15H19N3/c1-10-7-11(2)9-12(8-10)15(18-17)13-5-3-4-6-14(13)16/h3-9,15,18H,16-17H2,1-2H3. The smallest absolute Gasteiger partial charge is 0.0730 e. The van der Waals surface area contributed by atoms with Gasteiger partial charge in [-0.3, -0.25) is 5.84 Å². The maximum atomic E-state index is 6.01. The first-order valence-corrected chi connectivity index (χ1v) is 6.00. The number of anilines is 1. The molecule has 5 N–H and O–H groups in total. The van der Waals surface area contributed by atoms with Gasteiger partial charge < -0.3 is 5.73 Å². The molecule has 0 saturated carbocycles. The molecule has 3 nitrogen and oxygen atoms in total. The molecular weight excluding hydrogens is 222 g/mol. The molecule has 1 unspecified atom stereocenters. The average molecular weight is 241 g/mol. The van der Waals surface area contributed by atoms with Gasteiger partial charge in [0.2, 0.25) is 0 Å². The fourth-order valence-electron chi connectivity index (χ4n) is 2.32. The minimum Gasteiger partial charge on any atom is -0.398 e. The van der Waals surface area contributed by atoms with Crippen LogP contribution >= 0.6 is 0 Å². The molecule has 0 fully saturated rings. The maximum Gasteiger partial charge on any atom is 0.0730 e. The molecule has 0 radical (unpaired) electrons. The van der Waals surface area contributed by atoms with E-state index in [0.717, 1.165) is 16.8 Å². The molecule has 2 aromatic carbocycles. The molecule has 2 rings (SSSR count). The van der Waals surface area contributed by atoms with Crippen molar-refractivity contribution < 1.29 is 0 Å². The quantitative estimate of drug-likeness (QED) is 0.439. The number of rotatable bonds is 3. The number of benzene rings is 2. The summed E-state index contributed by atoms with van der Waals surface area (Å²) < 4.78 is 0. The average Bonchev–Trinajstić information content (AvgIpc) is 2.31. The van der Waals surface area contributed by atoms with Crippen molar-refractivity contribution in [3.8, 4) is 0 Å². The lowest BCUT2D eigenvalue weighted by Crippen LogP contribution is -2.29. The van der Waals surface area contributed by atoms with Crippen molar-refractivity contribution in [2.24, 2.45) is 5.84 Å². The van der Waals surface area contributed by atoms with Gasteiger partial charge >= 0.3 is 0 Å². The van der Waals surface area contributed by atoms with E-state index in [2.05, 4.69) is 37.5 Å². The van der Waals surface area contributed by atoms with Gasteiger partial charge in [0.05, 0.1) is 6.04 Å². The van der Waals surface area contributed by atoms with Crippen LogP contribution < -0.4 is 17.0 Å². The first-order chi connectivity index (χ1) is 8.61. The predicted octanol–water partition coefficient (Wildman–Crippen LogP) is 2.44. The van der Waals surface area contributed by atoms with E-state index in [1.807, 2.05) is 24.3 Å². The number of para-hydroxylation sites is 1. The van der Waals surface area contributed by atoms with Gasteiger partial charge in [-0.05, 0) is 31.0 Å². The summed E-state index contributed by atoms with van der Waals surface area (Å²) in [7, 11) is 0. The van der Waals surface area contributed by atoms with Gasteiger partial charge in [0.1, 0.15) is 0 Å². The Morgan fingerprint density at radius 3 is 2.17 bits per heavy atom. The topological polar surface area (TPSA) is 64.1 Å². The zero-order valence-corrected chi connectivity index (χ0v) is 10.8. The van der Waals surface area contributed by atoms with Crippen LogP contribution in [0.3, 0.4) is 0 Å². The first-order valence-electron chi connectivity index (χ1n) is 6.00. The Morgan fingerprint density at radius 1 is 1.00 bits per heavy atom. The van der Waals surface area contributed by atoms with Crippen LogP contribution in [0.2, 0.25) is 0 Å². The van der Waals surface area contributed by atoms with Gasteiger partial charge in [-0.15, -0.1) is 0 Å². The van der Waals surface area contributed by atoms with Crippen LogP contribution in [0.4, 0.5) is 5.69 Å². The number of hydrogen-bond acceptors (Lipinski definition) is 3. The van der Waals surface area contributed by atoms with Crippen LogP contribution in [0.15, 0.2) is 42.5 Å². The number of nitrogen functional groups attached to an aromatic ring is 1. The highest BCUT2D eigenvalue weighted by Gasteiger charge is 2.15. The van der Waals surface area contributed by atoms with Crippen molar-refractivity contribution in [1.29, 1.82) is 0 Å². The van der Waals surface area contributed by atoms with E-state index in [1.165, 1.54) is 11.1 Å². The molecule has 94 valence electrons. The Kier molecular flexibility index (Phi) is 3.65. The Hall–Kier alpha value is -1.84. The van der Waals surface area contributed by atoms with E-state index in [1.54, 1.807) is 0 Å². The summed E-state index contributed by atoms with van der Waals surface area (Å²) in [6, 6.07) is 14.1. The highest BCUT2D eigenvalue weighted by molar-refractivity contribution is 5.51.